The first-order valence-corrected chi connectivity index (χ1v) is 6.35. The Morgan fingerprint density at radius 1 is 1.32 bits per heavy atom. The summed E-state index contributed by atoms with van der Waals surface area (Å²) < 4.78 is 5.28. The van der Waals surface area contributed by atoms with Crippen molar-refractivity contribution >= 4 is 12.0 Å². The van der Waals surface area contributed by atoms with E-state index in [2.05, 4.69) is 11.4 Å². The van der Waals surface area contributed by atoms with E-state index >= 15 is 0 Å². The van der Waals surface area contributed by atoms with Gasteiger partial charge in [-0.05, 0) is 20.8 Å². The molecule has 1 N–H and O–H groups in total. The van der Waals surface area contributed by atoms with Crippen LogP contribution >= 0.6 is 0 Å². The van der Waals surface area contributed by atoms with Crippen molar-refractivity contribution in [1.29, 1.82) is 5.26 Å². The van der Waals surface area contributed by atoms with Crippen molar-refractivity contribution in [3.63, 3.8) is 0 Å². The zero-order valence-corrected chi connectivity index (χ0v) is 11.9. The fraction of sp³-hybridized carbons (Fsp3) is 0.769. The minimum absolute atomic E-state index is 0.229. The summed E-state index contributed by atoms with van der Waals surface area (Å²) in [6.07, 6.45) is 0.465. The van der Waals surface area contributed by atoms with Crippen LogP contribution in [0.3, 0.4) is 0 Å². The Bertz CT molecular complexity index is 398. The lowest BCUT2D eigenvalue weighted by molar-refractivity contribution is -0.120. The lowest BCUT2D eigenvalue weighted by atomic mass is 9.89. The monoisotopic (exact) mass is 267 g/mol. The molecule has 0 saturated carbocycles. The maximum absolute atomic E-state index is 11.9. The molecule has 1 fully saturated rings. The number of nitrogens with zero attached hydrogens (tertiary/aromatic N) is 2. The first kappa shape index (κ1) is 15.3. The van der Waals surface area contributed by atoms with Gasteiger partial charge in [0.25, 0.3) is 0 Å². The minimum atomic E-state index is -0.857. The van der Waals surface area contributed by atoms with E-state index in [4.69, 9.17) is 4.74 Å². The van der Waals surface area contributed by atoms with Gasteiger partial charge in [0.15, 0.2) is 0 Å². The lowest BCUT2D eigenvalue weighted by Gasteiger charge is -2.37. The van der Waals surface area contributed by atoms with Crippen molar-refractivity contribution in [2.24, 2.45) is 0 Å². The fourth-order valence-electron chi connectivity index (χ4n) is 2.00. The summed E-state index contributed by atoms with van der Waals surface area (Å²) in [7, 11) is 0. The molecule has 0 aromatic carbocycles. The maximum atomic E-state index is 11.9. The summed E-state index contributed by atoms with van der Waals surface area (Å²) >= 11 is 0. The van der Waals surface area contributed by atoms with Crippen LogP contribution in [0.5, 0.6) is 0 Å². The van der Waals surface area contributed by atoms with Gasteiger partial charge in [0.2, 0.25) is 5.91 Å². The normalized spacial score (nSPS) is 18.4. The third kappa shape index (κ3) is 4.43. The second-order valence-electron chi connectivity index (χ2n) is 5.84. The van der Waals surface area contributed by atoms with Gasteiger partial charge in [0.1, 0.15) is 11.1 Å². The molecule has 6 heteroatoms. The Labute approximate surface area is 113 Å². The molecule has 1 aliphatic rings. The van der Waals surface area contributed by atoms with Crippen LogP contribution in [0, 0.1) is 11.3 Å². The number of hydrogen-bond donors (Lipinski definition) is 1. The molecular weight excluding hydrogens is 246 g/mol. The van der Waals surface area contributed by atoms with Gasteiger partial charge in [-0.25, -0.2) is 4.79 Å². The number of ether oxygens (including phenoxy) is 1. The topological polar surface area (TPSA) is 82.4 Å². The zero-order chi connectivity index (χ0) is 14.7. The van der Waals surface area contributed by atoms with Crippen molar-refractivity contribution in [2.45, 2.75) is 51.7 Å². The predicted octanol–water partition coefficient (Wildman–Crippen LogP) is 1.42. The number of rotatable bonds is 1. The number of nitriles is 1. The predicted molar refractivity (Wildman–Crippen MR) is 69.2 cm³/mol. The van der Waals surface area contributed by atoms with Crippen molar-refractivity contribution in [3.05, 3.63) is 0 Å². The fourth-order valence-corrected chi connectivity index (χ4v) is 2.00. The van der Waals surface area contributed by atoms with E-state index in [1.807, 2.05) is 20.8 Å². The summed E-state index contributed by atoms with van der Waals surface area (Å²) in [5, 5.41) is 11.9. The molecular formula is C13H21N3O3. The molecule has 1 rings (SSSR count). The number of likely N-dealkylation sites (tertiary alicyclic amines) is 1. The van der Waals surface area contributed by atoms with E-state index in [9.17, 15) is 14.9 Å². The molecule has 2 amide bonds. The van der Waals surface area contributed by atoms with E-state index in [0.29, 0.717) is 25.9 Å². The average molecular weight is 267 g/mol. The van der Waals surface area contributed by atoms with Crippen LogP contribution in [0.25, 0.3) is 0 Å². The van der Waals surface area contributed by atoms with E-state index in [1.54, 1.807) is 4.90 Å². The molecule has 19 heavy (non-hydrogen) atoms. The molecule has 1 saturated heterocycles. The van der Waals surface area contributed by atoms with Crippen LogP contribution in [0.2, 0.25) is 0 Å². The third-order valence-corrected chi connectivity index (χ3v) is 2.90. The quantitative estimate of drug-likeness (QED) is 0.778. The van der Waals surface area contributed by atoms with Gasteiger partial charge in [-0.15, -0.1) is 0 Å². The average Bonchev–Trinajstić information content (AvgIpc) is 2.26. The molecule has 1 heterocycles. The first-order valence-electron chi connectivity index (χ1n) is 6.35. The van der Waals surface area contributed by atoms with Gasteiger partial charge < -0.3 is 15.0 Å². The Hall–Kier alpha value is -1.77. The van der Waals surface area contributed by atoms with Gasteiger partial charge in [0.05, 0.1) is 6.07 Å². The second-order valence-corrected chi connectivity index (χ2v) is 5.84. The van der Waals surface area contributed by atoms with Gasteiger partial charge in [-0.3, -0.25) is 4.79 Å². The summed E-state index contributed by atoms with van der Waals surface area (Å²) in [5.41, 5.74) is -1.39. The zero-order valence-electron chi connectivity index (χ0n) is 11.9. The first-order chi connectivity index (χ1) is 8.67. The highest BCUT2D eigenvalue weighted by Gasteiger charge is 2.37. The van der Waals surface area contributed by atoms with Crippen molar-refractivity contribution in [3.8, 4) is 6.07 Å². The van der Waals surface area contributed by atoms with Crippen LogP contribution in [0.4, 0.5) is 4.79 Å². The number of carbonyl (C=O) groups is 2. The number of hydrogen-bond acceptors (Lipinski definition) is 4. The lowest BCUT2D eigenvalue weighted by Crippen LogP contribution is -2.55. The Morgan fingerprint density at radius 2 is 1.84 bits per heavy atom. The van der Waals surface area contributed by atoms with Crippen LogP contribution in [-0.2, 0) is 9.53 Å². The molecule has 0 aromatic rings. The minimum Gasteiger partial charge on any atom is -0.444 e. The SMILES string of the molecule is CC(=O)NC1(C#N)CCN(C(=O)OC(C)(C)C)CC1. The molecule has 0 aromatic heterocycles. The van der Waals surface area contributed by atoms with Crippen LogP contribution in [-0.4, -0.2) is 41.1 Å². The second kappa shape index (κ2) is 5.47. The van der Waals surface area contributed by atoms with Crippen LogP contribution in [0.1, 0.15) is 40.5 Å². The Kier molecular flexibility index (Phi) is 4.40. The molecule has 0 bridgehead atoms. The maximum Gasteiger partial charge on any atom is 0.410 e. The smallest absolute Gasteiger partial charge is 0.410 e. The highest BCUT2D eigenvalue weighted by Crippen LogP contribution is 2.23. The van der Waals surface area contributed by atoms with Crippen molar-refractivity contribution in [1.82, 2.24) is 10.2 Å². The van der Waals surface area contributed by atoms with Crippen molar-refractivity contribution < 1.29 is 14.3 Å². The number of amides is 2. The standard InChI is InChI=1S/C13H21N3O3/c1-10(17)15-13(9-14)5-7-16(8-6-13)11(18)19-12(2,3)4/h5-8H2,1-4H3,(H,15,17). The molecule has 0 spiro atoms. The van der Waals surface area contributed by atoms with Gasteiger partial charge in [-0.2, -0.15) is 5.26 Å². The van der Waals surface area contributed by atoms with E-state index in [-0.39, 0.29) is 12.0 Å². The summed E-state index contributed by atoms with van der Waals surface area (Å²) in [4.78, 5) is 24.6. The third-order valence-electron chi connectivity index (χ3n) is 2.90. The van der Waals surface area contributed by atoms with Crippen molar-refractivity contribution in [2.75, 3.05) is 13.1 Å². The molecule has 0 radical (unpaired) electrons. The number of carbonyl (C=O) groups excluding carboxylic acids is 2. The highest BCUT2D eigenvalue weighted by atomic mass is 16.6. The number of nitrogens with one attached hydrogen (secondary N) is 1. The summed E-state index contributed by atoms with van der Waals surface area (Å²) in [6, 6.07) is 2.15. The van der Waals surface area contributed by atoms with Gasteiger partial charge in [0, 0.05) is 32.9 Å². The summed E-state index contributed by atoms with van der Waals surface area (Å²) in [6.45, 7) is 7.63. The molecule has 0 atom stereocenters. The van der Waals surface area contributed by atoms with E-state index in [0.717, 1.165) is 0 Å². The number of piperidine rings is 1. The molecule has 106 valence electrons. The van der Waals surface area contributed by atoms with Crippen LogP contribution < -0.4 is 5.32 Å². The summed E-state index contributed by atoms with van der Waals surface area (Å²) in [5.74, 6) is -0.229. The van der Waals surface area contributed by atoms with Gasteiger partial charge in [-0.1, -0.05) is 0 Å². The van der Waals surface area contributed by atoms with Crippen LogP contribution in [0.15, 0.2) is 0 Å². The molecule has 1 aliphatic heterocycles. The molecule has 0 unspecified atom stereocenters. The van der Waals surface area contributed by atoms with Gasteiger partial charge >= 0.3 is 6.09 Å². The molecule has 6 nitrogen and oxygen atoms in total. The van der Waals surface area contributed by atoms with E-state index in [1.165, 1.54) is 6.92 Å². The Morgan fingerprint density at radius 3 is 2.21 bits per heavy atom. The Balaban J connectivity index is 2.59. The van der Waals surface area contributed by atoms with E-state index < -0.39 is 11.1 Å². The molecule has 0 aliphatic carbocycles. The largest absolute Gasteiger partial charge is 0.444 e. The highest BCUT2D eigenvalue weighted by molar-refractivity contribution is 5.74.